The zero-order valence-corrected chi connectivity index (χ0v) is 18.0. The van der Waals surface area contributed by atoms with Crippen LogP contribution in [0.25, 0.3) is 27.7 Å². The van der Waals surface area contributed by atoms with Gasteiger partial charge in [-0.3, -0.25) is 4.79 Å². The molecule has 0 saturated carbocycles. The summed E-state index contributed by atoms with van der Waals surface area (Å²) in [5.41, 5.74) is 5.11. The van der Waals surface area contributed by atoms with Gasteiger partial charge in [0.1, 0.15) is 17.1 Å². The first-order valence-corrected chi connectivity index (χ1v) is 9.69. The molecule has 1 aromatic heterocycles. The summed E-state index contributed by atoms with van der Waals surface area (Å²) in [5, 5.41) is 3.74. The number of fused-ring (bicyclic) bond motifs is 1. The molecule has 0 aliphatic heterocycles. The maximum atomic E-state index is 12.3. The Labute approximate surface area is 176 Å². The summed E-state index contributed by atoms with van der Waals surface area (Å²) in [6.45, 7) is 4.76. The van der Waals surface area contributed by atoms with Crippen LogP contribution in [0, 0.1) is 6.92 Å². The smallest absolute Gasteiger partial charge is 0.244 e. The van der Waals surface area contributed by atoms with Crippen molar-refractivity contribution in [1.29, 1.82) is 0 Å². The third-order valence-corrected chi connectivity index (χ3v) is 5.02. The number of hydrogen-bond donors (Lipinski definition) is 1. The summed E-state index contributed by atoms with van der Waals surface area (Å²) >= 11 is 0. The fraction of sp³-hybridized carbons (Fsp3) is 0.292. The summed E-state index contributed by atoms with van der Waals surface area (Å²) < 4.78 is 22.1. The summed E-state index contributed by atoms with van der Waals surface area (Å²) in [6, 6.07) is 9.80. The Morgan fingerprint density at radius 1 is 1.13 bits per heavy atom. The highest BCUT2D eigenvalue weighted by atomic mass is 16.5. The second-order valence-electron chi connectivity index (χ2n) is 6.92. The number of aryl methyl sites for hydroxylation is 1. The Morgan fingerprint density at radius 2 is 1.90 bits per heavy atom. The standard InChI is InChI=1S/C24H27NO5/c1-15(12-22(26)25-10-11-27-3)18-13-19-20(17-8-6-7-9-21(17)28-4)14-30-24(19)16(2)23(18)29-5/h6-9,12-14H,10-11H2,1-5H3,(H,25,26)/b15-12+. The van der Waals surface area contributed by atoms with Crippen molar-refractivity contribution in [1.82, 2.24) is 5.32 Å². The van der Waals surface area contributed by atoms with Gasteiger partial charge in [0.25, 0.3) is 0 Å². The van der Waals surface area contributed by atoms with Gasteiger partial charge in [0.2, 0.25) is 5.91 Å². The second kappa shape index (κ2) is 9.50. The Bertz CT molecular complexity index is 1080. The van der Waals surface area contributed by atoms with Gasteiger partial charge in [-0.15, -0.1) is 0 Å². The fourth-order valence-corrected chi connectivity index (χ4v) is 3.55. The van der Waals surface area contributed by atoms with Crippen LogP contribution in [0.3, 0.4) is 0 Å². The molecule has 0 radical (unpaired) electrons. The number of allylic oxidation sites excluding steroid dienone is 1. The first-order chi connectivity index (χ1) is 14.5. The Morgan fingerprint density at radius 3 is 2.60 bits per heavy atom. The monoisotopic (exact) mass is 409 g/mol. The molecule has 1 heterocycles. The Balaban J connectivity index is 2.12. The van der Waals surface area contributed by atoms with Crippen molar-refractivity contribution in [2.45, 2.75) is 13.8 Å². The van der Waals surface area contributed by atoms with E-state index in [4.69, 9.17) is 18.6 Å². The largest absolute Gasteiger partial charge is 0.496 e. The number of carbonyl (C=O) groups is 1. The molecule has 3 rings (SSSR count). The molecule has 6 heteroatoms. The van der Waals surface area contributed by atoms with E-state index >= 15 is 0 Å². The second-order valence-corrected chi connectivity index (χ2v) is 6.92. The van der Waals surface area contributed by atoms with E-state index in [0.717, 1.165) is 44.5 Å². The zero-order valence-electron chi connectivity index (χ0n) is 18.0. The zero-order chi connectivity index (χ0) is 21.7. The van der Waals surface area contributed by atoms with E-state index in [1.807, 2.05) is 44.2 Å². The molecule has 158 valence electrons. The minimum atomic E-state index is -0.179. The van der Waals surface area contributed by atoms with Gasteiger partial charge in [0.15, 0.2) is 0 Å². The van der Waals surface area contributed by atoms with Gasteiger partial charge in [-0.25, -0.2) is 0 Å². The summed E-state index contributed by atoms with van der Waals surface area (Å²) in [6.07, 6.45) is 3.30. The molecule has 6 nitrogen and oxygen atoms in total. The van der Waals surface area contributed by atoms with Gasteiger partial charge in [-0.1, -0.05) is 18.2 Å². The van der Waals surface area contributed by atoms with Crippen molar-refractivity contribution in [3.8, 4) is 22.6 Å². The molecule has 0 spiro atoms. The van der Waals surface area contributed by atoms with Crippen LogP contribution in [0.1, 0.15) is 18.1 Å². The maximum absolute atomic E-state index is 12.3. The first-order valence-electron chi connectivity index (χ1n) is 9.69. The van der Waals surface area contributed by atoms with Crippen LogP contribution in [-0.4, -0.2) is 40.4 Å². The third-order valence-electron chi connectivity index (χ3n) is 5.02. The van der Waals surface area contributed by atoms with Crippen molar-refractivity contribution < 1.29 is 23.4 Å². The van der Waals surface area contributed by atoms with Crippen LogP contribution in [0.5, 0.6) is 11.5 Å². The number of amides is 1. The summed E-state index contributed by atoms with van der Waals surface area (Å²) in [4.78, 5) is 12.3. The molecule has 0 bridgehead atoms. The van der Waals surface area contributed by atoms with E-state index < -0.39 is 0 Å². The Kier molecular flexibility index (Phi) is 6.79. The predicted octanol–water partition coefficient (Wildman–Crippen LogP) is 4.59. The Hall–Kier alpha value is -3.25. The van der Waals surface area contributed by atoms with Gasteiger partial charge in [0.05, 0.1) is 27.1 Å². The number of methoxy groups -OCH3 is 3. The van der Waals surface area contributed by atoms with Crippen LogP contribution in [0.2, 0.25) is 0 Å². The molecule has 0 aliphatic rings. The molecule has 2 aromatic carbocycles. The fourth-order valence-electron chi connectivity index (χ4n) is 3.55. The summed E-state index contributed by atoms with van der Waals surface area (Å²) in [7, 11) is 4.86. The van der Waals surface area contributed by atoms with E-state index in [-0.39, 0.29) is 5.91 Å². The lowest BCUT2D eigenvalue weighted by Crippen LogP contribution is -2.25. The molecule has 0 aliphatic carbocycles. The van der Waals surface area contributed by atoms with Gasteiger partial charge < -0.3 is 23.9 Å². The van der Waals surface area contributed by atoms with Crippen molar-refractivity contribution in [2.24, 2.45) is 0 Å². The number of para-hydroxylation sites is 1. The van der Waals surface area contributed by atoms with Crippen LogP contribution in [-0.2, 0) is 9.53 Å². The van der Waals surface area contributed by atoms with E-state index in [1.54, 1.807) is 33.7 Å². The number of benzene rings is 2. The average molecular weight is 409 g/mol. The maximum Gasteiger partial charge on any atom is 0.244 e. The lowest BCUT2D eigenvalue weighted by Gasteiger charge is -2.14. The van der Waals surface area contributed by atoms with Gasteiger partial charge in [0, 0.05) is 47.4 Å². The number of hydrogen-bond acceptors (Lipinski definition) is 5. The highest BCUT2D eigenvalue weighted by molar-refractivity contribution is 6.02. The van der Waals surface area contributed by atoms with E-state index in [1.165, 1.54) is 0 Å². The van der Waals surface area contributed by atoms with Crippen LogP contribution < -0.4 is 14.8 Å². The third kappa shape index (κ3) is 4.19. The SMILES string of the molecule is COCCNC(=O)/C=C(\C)c1cc2c(-c3ccccc3OC)coc2c(C)c1OC. The van der Waals surface area contributed by atoms with Gasteiger partial charge in [-0.2, -0.15) is 0 Å². The molecule has 0 atom stereocenters. The van der Waals surface area contributed by atoms with E-state index in [0.29, 0.717) is 18.9 Å². The lowest BCUT2D eigenvalue weighted by atomic mass is 9.96. The first kappa shape index (κ1) is 21.5. The lowest BCUT2D eigenvalue weighted by molar-refractivity contribution is -0.116. The molecular formula is C24H27NO5. The van der Waals surface area contributed by atoms with Crippen molar-refractivity contribution in [2.75, 3.05) is 34.5 Å². The minimum absolute atomic E-state index is 0.179. The van der Waals surface area contributed by atoms with Crippen molar-refractivity contribution in [3.05, 3.63) is 53.8 Å². The normalized spacial score (nSPS) is 11.6. The molecule has 0 unspecified atom stereocenters. The van der Waals surface area contributed by atoms with Gasteiger partial charge in [-0.05, 0) is 31.6 Å². The number of rotatable bonds is 8. The summed E-state index contributed by atoms with van der Waals surface area (Å²) in [5.74, 6) is 1.27. The quantitative estimate of drug-likeness (QED) is 0.435. The van der Waals surface area contributed by atoms with Crippen LogP contribution >= 0.6 is 0 Å². The highest BCUT2D eigenvalue weighted by Gasteiger charge is 2.20. The van der Waals surface area contributed by atoms with Crippen LogP contribution in [0.15, 0.2) is 47.1 Å². The molecule has 1 N–H and O–H groups in total. The van der Waals surface area contributed by atoms with Crippen LogP contribution in [0.4, 0.5) is 0 Å². The van der Waals surface area contributed by atoms with Crippen molar-refractivity contribution in [3.63, 3.8) is 0 Å². The molecule has 30 heavy (non-hydrogen) atoms. The molecule has 0 fully saturated rings. The van der Waals surface area contributed by atoms with Gasteiger partial charge >= 0.3 is 0 Å². The number of furan rings is 1. The number of nitrogens with one attached hydrogen (secondary N) is 1. The van der Waals surface area contributed by atoms with E-state index in [2.05, 4.69) is 5.32 Å². The molecule has 0 saturated heterocycles. The topological polar surface area (TPSA) is 69.9 Å². The average Bonchev–Trinajstić information content (AvgIpc) is 3.17. The number of ether oxygens (including phenoxy) is 3. The number of carbonyl (C=O) groups excluding carboxylic acids is 1. The molecular weight excluding hydrogens is 382 g/mol. The minimum Gasteiger partial charge on any atom is -0.496 e. The molecule has 3 aromatic rings. The van der Waals surface area contributed by atoms with E-state index in [9.17, 15) is 4.79 Å². The highest BCUT2D eigenvalue weighted by Crippen LogP contribution is 2.42. The predicted molar refractivity (Wildman–Crippen MR) is 118 cm³/mol. The van der Waals surface area contributed by atoms with Crippen molar-refractivity contribution >= 4 is 22.4 Å². The molecule has 1 amide bonds.